The van der Waals surface area contributed by atoms with Crippen LogP contribution in [0.3, 0.4) is 0 Å². The number of hydrogen-bond acceptors (Lipinski definition) is 5. The third kappa shape index (κ3) is 2.40. The van der Waals surface area contributed by atoms with E-state index < -0.39 is 0 Å². The van der Waals surface area contributed by atoms with Crippen molar-refractivity contribution in [3.05, 3.63) is 21.8 Å². The molecule has 3 rings (SSSR count). The number of hydrogen-bond donors (Lipinski definition) is 0. The van der Waals surface area contributed by atoms with Crippen LogP contribution < -0.4 is 5.56 Å². The van der Waals surface area contributed by atoms with Gasteiger partial charge in [0.1, 0.15) is 5.76 Å². The summed E-state index contributed by atoms with van der Waals surface area (Å²) in [4.78, 5) is 26.7. The molecule has 0 bridgehead atoms. The van der Waals surface area contributed by atoms with Crippen molar-refractivity contribution in [2.75, 3.05) is 13.1 Å². The largest absolute Gasteiger partial charge is 0.360 e. The lowest BCUT2D eigenvalue weighted by molar-refractivity contribution is 0.0754. The minimum atomic E-state index is -0.354. The van der Waals surface area contributed by atoms with Crippen LogP contribution in [0.15, 0.2) is 9.32 Å². The van der Waals surface area contributed by atoms with Crippen molar-refractivity contribution in [3.8, 4) is 0 Å². The molecule has 7 nitrogen and oxygen atoms in total. The molecule has 2 aromatic rings. The average molecular weight is 304 g/mol. The van der Waals surface area contributed by atoms with Crippen molar-refractivity contribution < 1.29 is 9.32 Å². The number of aromatic nitrogens is 3. The molecule has 0 spiro atoms. The molecule has 1 fully saturated rings. The Morgan fingerprint density at radius 2 is 2.09 bits per heavy atom. The van der Waals surface area contributed by atoms with E-state index in [1.807, 2.05) is 4.90 Å². The highest BCUT2D eigenvalue weighted by atomic mass is 16.5. The molecule has 1 amide bonds. The fourth-order valence-electron chi connectivity index (χ4n) is 2.96. The predicted molar refractivity (Wildman–Crippen MR) is 80.7 cm³/mol. The van der Waals surface area contributed by atoms with Gasteiger partial charge in [-0.3, -0.25) is 9.59 Å². The lowest BCUT2D eigenvalue weighted by atomic mass is 10.0. The van der Waals surface area contributed by atoms with E-state index in [1.54, 1.807) is 6.92 Å². The first kappa shape index (κ1) is 14.7. The predicted octanol–water partition coefficient (Wildman–Crippen LogP) is 1.49. The van der Waals surface area contributed by atoms with Gasteiger partial charge in [0.2, 0.25) is 0 Å². The number of likely N-dealkylation sites (tertiary alicyclic amines) is 1. The number of carbonyl (C=O) groups excluding carboxylic acids is 1. The number of carbonyl (C=O) groups is 1. The molecule has 118 valence electrons. The van der Waals surface area contributed by atoms with Crippen molar-refractivity contribution in [1.29, 1.82) is 0 Å². The Balaban J connectivity index is 2.06. The first-order valence-corrected chi connectivity index (χ1v) is 7.61. The first-order valence-electron chi connectivity index (χ1n) is 7.61. The molecule has 7 heteroatoms. The van der Waals surface area contributed by atoms with Gasteiger partial charge in [0.25, 0.3) is 11.5 Å². The summed E-state index contributed by atoms with van der Waals surface area (Å²) in [6.45, 7) is 5.34. The van der Waals surface area contributed by atoms with E-state index in [2.05, 4.69) is 17.2 Å². The number of aryl methyl sites for hydroxylation is 2. The van der Waals surface area contributed by atoms with Crippen molar-refractivity contribution in [1.82, 2.24) is 19.8 Å². The van der Waals surface area contributed by atoms with Crippen LogP contribution in [-0.4, -0.2) is 38.8 Å². The summed E-state index contributed by atoms with van der Waals surface area (Å²) < 4.78 is 6.25. The van der Waals surface area contributed by atoms with Gasteiger partial charge in [-0.15, -0.1) is 0 Å². The molecular weight excluding hydrogens is 284 g/mol. The second-order valence-corrected chi connectivity index (χ2v) is 6.07. The minimum absolute atomic E-state index is 0.152. The molecule has 1 saturated heterocycles. The molecular formula is C15H20N4O3. The van der Waals surface area contributed by atoms with Crippen molar-refractivity contribution in [2.45, 2.75) is 33.1 Å². The Kier molecular flexibility index (Phi) is 3.72. The third-order valence-electron chi connectivity index (χ3n) is 4.35. The second-order valence-electron chi connectivity index (χ2n) is 6.07. The maximum absolute atomic E-state index is 12.9. The average Bonchev–Trinajstić information content (AvgIpc) is 2.74. The molecule has 1 aliphatic rings. The number of rotatable bonds is 1. The summed E-state index contributed by atoms with van der Waals surface area (Å²) in [5, 5.41) is 8.39. The van der Waals surface area contributed by atoms with Crippen molar-refractivity contribution in [3.63, 3.8) is 0 Å². The fourth-order valence-corrected chi connectivity index (χ4v) is 2.96. The summed E-state index contributed by atoms with van der Waals surface area (Å²) in [6.07, 6.45) is 3.11. The van der Waals surface area contributed by atoms with Gasteiger partial charge in [-0.25, -0.2) is 4.68 Å². The monoisotopic (exact) mass is 304 g/mol. The molecule has 0 radical (unpaired) electrons. The van der Waals surface area contributed by atoms with Crippen LogP contribution in [0.5, 0.6) is 0 Å². The third-order valence-corrected chi connectivity index (χ3v) is 4.35. The molecule has 22 heavy (non-hydrogen) atoms. The van der Waals surface area contributed by atoms with Crippen molar-refractivity contribution >= 4 is 16.8 Å². The topological polar surface area (TPSA) is 81.2 Å². The number of fused-ring (bicyclic) bond motifs is 1. The van der Waals surface area contributed by atoms with Crippen LogP contribution in [0.25, 0.3) is 10.9 Å². The van der Waals surface area contributed by atoms with E-state index in [4.69, 9.17) is 4.52 Å². The smallest absolute Gasteiger partial charge is 0.296 e. The summed E-state index contributed by atoms with van der Waals surface area (Å²) >= 11 is 0. The van der Waals surface area contributed by atoms with Gasteiger partial charge in [-0.1, -0.05) is 12.1 Å². The molecule has 3 heterocycles. The Hall–Kier alpha value is -2.18. The van der Waals surface area contributed by atoms with Gasteiger partial charge in [0.05, 0.1) is 5.39 Å². The van der Waals surface area contributed by atoms with Crippen LogP contribution in [0, 0.1) is 12.8 Å². The molecule has 1 atom stereocenters. The number of nitrogens with zero attached hydrogens (tertiary/aromatic N) is 4. The van der Waals surface area contributed by atoms with E-state index in [0.717, 1.165) is 37.0 Å². The SMILES string of the molecule is Cc1onc2c(=O)n(C)nc(C(=O)N3CCC[C@@H](C)CC3)c12. The summed E-state index contributed by atoms with van der Waals surface area (Å²) in [5.74, 6) is 0.927. The van der Waals surface area contributed by atoms with Gasteiger partial charge in [-0.2, -0.15) is 5.10 Å². The Morgan fingerprint density at radius 1 is 1.32 bits per heavy atom. The van der Waals surface area contributed by atoms with Crippen LogP contribution in [0.4, 0.5) is 0 Å². The van der Waals surface area contributed by atoms with Gasteiger partial charge in [0, 0.05) is 20.1 Å². The van der Waals surface area contributed by atoms with E-state index in [0.29, 0.717) is 17.1 Å². The van der Waals surface area contributed by atoms with E-state index in [-0.39, 0.29) is 22.7 Å². The number of amides is 1. The van der Waals surface area contributed by atoms with Crippen molar-refractivity contribution in [2.24, 2.45) is 13.0 Å². The molecule has 0 saturated carbocycles. The molecule has 0 N–H and O–H groups in total. The standard InChI is InChI=1S/C15H20N4O3/c1-9-5-4-7-19(8-6-9)15(21)12-11-10(2)22-17-13(11)14(20)18(3)16-12/h9H,4-8H2,1-3H3/t9-/m1/s1. The van der Waals surface area contributed by atoms with Gasteiger partial charge in [-0.05, 0) is 32.1 Å². The normalized spacial score (nSPS) is 19.4. The highest BCUT2D eigenvalue weighted by molar-refractivity contribution is 6.04. The molecule has 0 aliphatic carbocycles. The fraction of sp³-hybridized carbons (Fsp3) is 0.600. The van der Waals surface area contributed by atoms with E-state index in [1.165, 1.54) is 7.05 Å². The molecule has 0 unspecified atom stereocenters. The zero-order valence-corrected chi connectivity index (χ0v) is 13.1. The lowest BCUT2D eigenvalue weighted by Gasteiger charge is -2.20. The van der Waals surface area contributed by atoms with E-state index >= 15 is 0 Å². The van der Waals surface area contributed by atoms with Crippen LogP contribution in [-0.2, 0) is 7.05 Å². The Labute approximate surface area is 127 Å². The highest BCUT2D eigenvalue weighted by Crippen LogP contribution is 2.22. The van der Waals surface area contributed by atoms with Gasteiger partial charge >= 0.3 is 0 Å². The summed E-state index contributed by atoms with van der Waals surface area (Å²) in [7, 11) is 1.52. The van der Waals surface area contributed by atoms with Crippen LogP contribution >= 0.6 is 0 Å². The second kappa shape index (κ2) is 5.55. The molecule has 2 aromatic heterocycles. The Morgan fingerprint density at radius 3 is 2.86 bits per heavy atom. The minimum Gasteiger partial charge on any atom is -0.360 e. The van der Waals surface area contributed by atoms with Gasteiger partial charge in [0.15, 0.2) is 11.2 Å². The Bertz CT molecular complexity index is 777. The maximum Gasteiger partial charge on any atom is 0.296 e. The van der Waals surface area contributed by atoms with Crippen LogP contribution in [0.1, 0.15) is 42.4 Å². The van der Waals surface area contributed by atoms with Crippen LogP contribution in [0.2, 0.25) is 0 Å². The first-order chi connectivity index (χ1) is 10.5. The summed E-state index contributed by atoms with van der Waals surface area (Å²) in [6, 6.07) is 0. The quantitative estimate of drug-likeness (QED) is 0.797. The molecule has 0 aromatic carbocycles. The highest BCUT2D eigenvalue weighted by Gasteiger charge is 2.26. The summed E-state index contributed by atoms with van der Waals surface area (Å²) in [5.41, 5.74) is 0.0693. The zero-order chi connectivity index (χ0) is 15.9. The molecule has 1 aliphatic heterocycles. The zero-order valence-electron chi connectivity index (χ0n) is 13.1. The van der Waals surface area contributed by atoms with Gasteiger partial charge < -0.3 is 9.42 Å². The maximum atomic E-state index is 12.9. The lowest BCUT2D eigenvalue weighted by Crippen LogP contribution is -2.34. The van der Waals surface area contributed by atoms with E-state index in [9.17, 15) is 9.59 Å².